The molecule has 0 atom stereocenters. The summed E-state index contributed by atoms with van der Waals surface area (Å²) >= 11 is 0. The van der Waals surface area contributed by atoms with Gasteiger partial charge in [-0.2, -0.15) is 4.31 Å². The molecule has 1 amide bonds. The predicted octanol–water partition coefficient (Wildman–Crippen LogP) is 2.65. The molecule has 2 heterocycles. The number of rotatable bonds is 7. The van der Waals surface area contributed by atoms with Crippen LogP contribution in [-0.2, 0) is 21.4 Å². The summed E-state index contributed by atoms with van der Waals surface area (Å²) in [4.78, 5) is 16.3. The molecule has 0 spiro atoms. The molecule has 0 N–H and O–H groups in total. The van der Waals surface area contributed by atoms with Crippen molar-refractivity contribution in [1.29, 1.82) is 0 Å². The van der Waals surface area contributed by atoms with E-state index in [1.165, 1.54) is 0 Å². The second-order valence-electron chi connectivity index (χ2n) is 8.47. The largest absolute Gasteiger partial charge is 0.493 e. The van der Waals surface area contributed by atoms with Crippen molar-refractivity contribution in [3.05, 3.63) is 47.5 Å². The quantitative estimate of drug-likeness (QED) is 0.615. The van der Waals surface area contributed by atoms with Gasteiger partial charge in [0.15, 0.2) is 11.5 Å². The third-order valence-electron chi connectivity index (χ3n) is 6.35. The van der Waals surface area contributed by atoms with Gasteiger partial charge in [-0.15, -0.1) is 0 Å². The van der Waals surface area contributed by atoms with Gasteiger partial charge in [0, 0.05) is 51.4 Å². The first-order valence-electron chi connectivity index (χ1n) is 11.2. The summed E-state index contributed by atoms with van der Waals surface area (Å²) in [6, 6.07) is 11.0. The van der Waals surface area contributed by atoms with Gasteiger partial charge in [0.05, 0.1) is 19.1 Å². The van der Waals surface area contributed by atoms with Gasteiger partial charge in [-0.05, 0) is 54.8 Å². The summed E-state index contributed by atoms with van der Waals surface area (Å²) in [6.45, 7) is 5.35. The lowest BCUT2D eigenvalue weighted by molar-refractivity contribution is -0.117. The molecule has 2 aliphatic heterocycles. The van der Waals surface area contributed by atoms with Crippen molar-refractivity contribution in [2.45, 2.75) is 31.2 Å². The smallest absolute Gasteiger partial charge is 0.243 e. The molecule has 0 radical (unpaired) electrons. The minimum atomic E-state index is -3.60. The van der Waals surface area contributed by atoms with Crippen molar-refractivity contribution in [1.82, 2.24) is 9.21 Å². The van der Waals surface area contributed by atoms with E-state index in [2.05, 4.69) is 4.90 Å². The van der Waals surface area contributed by atoms with Crippen LogP contribution in [0, 0.1) is 6.92 Å². The van der Waals surface area contributed by atoms with Crippen molar-refractivity contribution in [2.24, 2.45) is 0 Å². The summed E-state index contributed by atoms with van der Waals surface area (Å²) in [5, 5.41) is 0. The molecule has 4 rings (SSSR count). The molecule has 178 valence electrons. The molecular formula is C24H31N3O5S. The van der Waals surface area contributed by atoms with Crippen molar-refractivity contribution >= 4 is 21.6 Å². The number of ether oxygens (including phenoxy) is 2. The Morgan fingerprint density at radius 3 is 2.24 bits per heavy atom. The van der Waals surface area contributed by atoms with Crippen LogP contribution in [0.15, 0.2) is 41.3 Å². The first kappa shape index (κ1) is 23.5. The molecule has 2 aromatic carbocycles. The molecule has 0 aliphatic carbocycles. The minimum Gasteiger partial charge on any atom is -0.493 e. The molecule has 2 aliphatic rings. The fourth-order valence-corrected chi connectivity index (χ4v) is 6.14. The number of hydrogen-bond donors (Lipinski definition) is 0. The zero-order valence-electron chi connectivity index (χ0n) is 19.4. The van der Waals surface area contributed by atoms with Crippen LogP contribution in [0.5, 0.6) is 11.5 Å². The Bertz CT molecular complexity index is 1130. The van der Waals surface area contributed by atoms with Crippen LogP contribution in [0.1, 0.15) is 24.0 Å². The van der Waals surface area contributed by atoms with E-state index in [4.69, 9.17) is 9.47 Å². The molecule has 0 aromatic heterocycles. The monoisotopic (exact) mass is 473 g/mol. The summed E-state index contributed by atoms with van der Waals surface area (Å²) < 4.78 is 38.9. The van der Waals surface area contributed by atoms with E-state index >= 15 is 0 Å². The zero-order chi connectivity index (χ0) is 23.6. The Kier molecular flexibility index (Phi) is 6.92. The lowest BCUT2D eigenvalue weighted by Gasteiger charge is -2.34. The lowest BCUT2D eigenvalue weighted by atomic mass is 10.1. The third-order valence-corrected chi connectivity index (χ3v) is 8.41. The number of carbonyl (C=O) groups is 1. The van der Waals surface area contributed by atoms with Crippen LogP contribution in [0.4, 0.5) is 5.69 Å². The van der Waals surface area contributed by atoms with Gasteiger partial charge in [-0.1, -0.05) is 6.07 Å². The number of aryl methyl sites for hydroxylation is 1. The van der Waals surface area contributed by atoms with E-state index < -0.39 is 10.0 Å². The number of carbonyl (C=O) groups excluding carboxylic acids is 1. The van der Waals surface area contributed by atoms with Gasteiger partial charge in [0.1, 0.15) is 0 Å². The molecule has 0 bridgehead atoms. The number of sulfonamides is 1. The molecule has 0 unspecified atom stereocenters. The Labute approximate surface area is 195 Å². The number of nitrogens with zero attached hydrogens (tertiary/aromatic N) is 3. The number of hydrogen-bond acceptors (Lipinski definition) is 6. The Morgan fingerprint density at radius 2 is 1.64 bits per heavy atom. The van der Waals surface area contributed by atoms with Crippen molar-refractivity contribution < 1.29 is 22.7 Å². The van der Waals surface area contributed by atoms with E-state index in [1.54, 1.807) is 42.5 Å². The van der Waals surface area contributed by atoms with Crippen molar-refractivity contribution in [3.8, 4) is 11.5 Å². The molecule has 33 heavy (non-hydrogen) atoms. The van der Waals surface area contributed by atoms with Gasteiger partial charge in [0.25, 0.3) is 0 Å². The molecular weight excluding hydrogens is 442 g/mol. The topological polar surface area (TPSA) is 79.4 Å². The molecule has 2 fully saturated rings. The SMILES string of the molecule is COc1ccc(CN2CCN(S(=O)(=O)c3ccc(N4CCCC4=O)cc3C)CC2)cc1OC. The summed E-state index contributed by atoms with van der Waals surface area (Å²) in [7, 11) is -0.372. The van der Waals surface area contributed by atoms with Crippen molar-refractivity contribution in [2.75, 3.05) is 51.8 Å². The Morgan fingerprint density at radius 1 is 0.909 bits per heavy atom. The normalized spacial score (nSPS) is 18.0. The van der Waals surface area contributed by atoms with Gasteiger partial charge in [0.2, 0.25) is 15.9 Å². The minimum absolute atomic E-state index is 0.0932. The van der Waals surface area contributed by atoms with Crippen LogP contribution in [0.2, 0.25) is 0 Å². The van der Waals surface area contributed by atoms with E-state index in [0.717, 1.165) is 17.7 Å². The molecule has 2 aromatic rings. The van der Waals surface area contributed by atoms with E-state index in [0.29, 0.717) is 67.6 Å². The standard InChI is InChI=1S/C24H31N3O5S/c1-18-15-20(27-10-4-5-24(27)28)7-9-23(18)33(29,30)26-13-11-25(12-14-26)17-19-6-8-21(31-2)22(16-19)32-3/h6-9,15-16H,4-5,10-14,17H2,1-3H3. The Hall–Kier alpha value is -2.62. The first-order chi connectivity index (χ1) is 15.8. The average molecular weight is 474 g/mol. The average Bonchev–Trinajstić information content (AvgIpc) is 3.25. The third kappa shape index (κ3) is 4.85. The maximum Gasteiger partial charge on any atom is 0.243 e. The predicted molar refractivity (Wildman–Crippen MR) is 126 cm³/mol. The van der Waals surface area contributed by atoms with Crippen LogP contribution >= 0.6 is 0 Å². The second-order valence-corrected chi connectivity index (χ2v) is 10.4. The number of piperazine rings is 1. The summed E-state index contributed by atoms with van der Waals surface area (Å²) in [5.41, 5.74) is 2.53. The van der Waals surface area contributed by atoms with Crippen LogP contribution in [0.25, 0.3) is 0 Å². The Balaban J connectivity index is 1.41. The number of anilines is 1. The van der Waals surface area contributed by atoms with E-state index in [1.807, 2.05) is 24.3 Å². The maximum absolute atomic E-state index is 13.3. The number of benzene rings is 2. The second kappa shape index (κ2) is 9.70. The highest BCUT2D eigenvalue weighted by Crippen LogP contribution is 2.30. The van der Waals surface area contributed by atoms with Gasteiger partial charge >= 0.3 is 0 Å². The lowest BCUT2D eigenvalue weighted by Crippen LogP contribution is -2.48. The molecule has 0 saturated carbocycles. The summed E-state index contributed by atoms with van der Waals surface area (Å²) in [6.07, 6.45) is 1.39. The first-order valence-corrected chi connectivity index (χ1v) is 12.6. The molecule has 2 saturated heterocycles. The van der Waals surface area contributed by atoms with E-state index in [9.17, 15) is 13.2 Å². The fourth-order valence-electron chi connectivity index (χ4n) is 4.52. The zero-order valence-corrected chi connectivity index (χ0v) is 20.2. The van der Waals surface area contributed by atoms with Gasteiger partial charge < -0.3 is 14.4 Å². The molecule has 8 nitrogen and oxygen atoms in total. The van der Waals surface area contributed by atoms with Crippen LogP contribution in [-0.4, -0.2) is 70.5 Å². The maximum atomic E-state index is 13.3. The van der Waals surface area contributed by atoms with Crippen LogP contribution in [0.3, 0.4) is 0 Å². The van der Waals surface area contributed by atoms with Crippen molar-refractivity contribution in [3.63, 3.8) is 0 Å². The highest BCUT2D eigenvalue weighted by molar-refractivity contribution is 7.89. The fraction of sp³-hybridized carbons (Fsp3) is 0.458. The number of methoxy groups -OCH3 is 2. The molecule has 9 heteroatoms. The van der Waals surface area contributed by atoms with E-state index in [-0.39, 0.29) is 5.91 Å². The summed E-state index contributed by atoms with van der Waals surface area (Å²) in [5.74, 6) is 1.47. The van der Waals surface area contributed by atoms with Crippen LogP contribution < -0.4 is 14.4 Å². The highest BCUT2D eigenvalue weighted by Gasteiger charge is 2.30. The van der Waals surface area contributed by atoms with Gasteiger partial charge in [-0.3, -0.25) is 9.69 Å². The highest BCUT2D eigenvalue weighted by atomic mass is 32.2. The van der Waals surface area contributed by atoms with Gasteiger partial charge in [-0.25, -0.2) is 8.42 Å². The number of amides is 1.